The monoisotopic (exact) mass is 235 g/mol. The quantitative estimate of drug-likeness (QED) is 0.611. The Morgan fingerprint density at radius 2 is 1.82 bits per heavy atom. The third-order valence-corrected chi connectivity index (χ3v) is 3.26. The van der Waals surface area contributed by atoms with Crippen LogP contribution in [-0.4, -0.2) is 11.3 Å². The van der Waals surface area contributed by atoms with E-state index in [1.54, 1.807) is 12.1 Å². The molecule has 1 fully saturated rings. The highest BCUT2D eigenvalue weighted by Crippen LogP contribution is 2.33. The smallest absolute Gasteiger partial charge is 0.409 e. The van der Waals surface area contributed by atoms with Crippen LogP contribution in [-0.2, 0) is 0 Å². The number of carbonyl (C=O) groups excluding carboxylic acids is 1. The number of nitrogens with one attached hydrogen (secondary N) is 1. The molecule has 1 amide bonds. The van der Waals surface area contributed by atoms with E-state index in [0.29, 0.717) is 11.7 Å². The van der Waals surface area contributed by atoms with Gasteiger partial charge in [-0.15, -0.1) is 0 Å². The lowest BCUT2D eigenvalue weighted by molar-refractivity contribution is 0.127. The summed E-state index contributed by atoms with van der Waals surface area (Å²) in [5.74, 6) is 1.08. The van der Waals surface area contributed by atoms with Crippen LogP contribution in [0.25, 0.3) is 0 Å². The molecule has 1 aromatic carbocycles. The van der Waals surface area contributed by atoms with Crippen molar-refractivity contribution in [3.05, 3.63) is 29.8 Å². The summed E-state index contributed by atoms with van der Waals surface area (Å²) >= 11 is 0. The van der Waals surface area contributed by atoms with E-state index in [2.05, 4.69) is 0 Å². The third-order valence-electron chi connectivity index (χ3n) is 3.26. The largest absolute Gasteiger partial charge is 0.436 e. The maximum atomic E-state index is 10.8. The molecule has 4 heteroatoms. The first-order valence-corrected chi connectivity index (χ1v) is 6.01. The van der Waals surface area contributed by atoms with E-state index in [0.717, 1.165) is 0 Å². The van der Waals surface area contributed by atoms with Gasteiger partial charge in [-0.3, -0.25) is 5.21 Å². The van der Waals surface area contributed by atoms with Gasteiger partial charge in [-0.05, 0) is 36.5 Å². The van der Waals surface area contributed by atoms with Crippen molar-refractivity contribution < 1.29 is 14.7 Å². The summed E-state index contributed by atoms with van der Waals surface area (Å²) in [4.78, 5) is 10.8. The summed E-state index contributed by atoms with van der Waals surface area (Å²) in [7, 11) is 0. The molecular formula is C13H17NO3. The van der Waals surface area contributed by atoms with E-state index in [1.807, 2.05) is 12.1 Å². The molecule has 0 spiro atoms. The molecule has 0 saturated heterocycles. The minimum absolute atomic E-state index is 0.441. The lowest BCUT2D eigenvalue weighted by Crippen LogP contribution is -2.22. The lowest BCUT2D eigenvalue weighted by Gasteiger charge is -2.21. The van der Waals surface area contributed by atoms with Crippen LogP contribution in [0.1, 0.15) is 43.6 Å². The zero-order valence-electron chi connectivity index (χ0n) is 9.69. The Kier molecular flexibility index (Phi) is 3.98. The topological polar surface area (TPSA) is 58.6 Å². The van der Waals surface area contributed by atoms with Crippen molar-refractivity contribution in [2.24, 2.45) is 0 Å². The number of benzene rings is 1. The van der Waals surface area contributed by atoms with E-state index in [4.69, 9.17) is 9.94 Å². The van der Waals surface area contributed by atoms with Crippen LogP contribution < -0.4 is 10.2 Å². The fraction of sp³-hybridized carbons (Fsp3) is 0.462. The Morgan fingerprint density at radius 3 is 2.41 bits per heavy atom. The molecule has 1 aliphatic rings. The van der Waals surface area contributed by atoms with Crippen molar-refractivity contribution in [2.45, 2.75) is 38.0 Å². The van der Waals surface area contributed by atoms with Crippen LogP contribution in [0.2, 0.25) is 0 Å². The fourth-order valence-electron chi connectivity index (χ4n) is 2.37. The van der Waals surface area contributed by atoms with E-state index in [1.165, 1.54) is 43.1 Å². The van der Waals surface area contributed by atoms with Crippen molar-refractivity contribution in [3.8, 4) is 5.75 Å². The molecular weight excluding hydrogens is 218 g/mol. The number of amides is 1. The summed E-state index contributed by atoms with van der Waals surface area (Å²) in [6.07, 6.45) is 5.57. The van der Waals surface area contributed by atoms with Gasteiger partial charge in [0.1, 0.15) is 5.75 Å². The molecule has 0 aromatic heterocycles. The van der Waals surface area contributed by atoms with E-state index >= 15 is 0 Å². The summed E-state index contributed by atoms with van der Waals surface area (Å²) in [6.45, 7) is 0. The summed E-state index contributed by atoms with van der Waals surface area (Å²) < 4.78 is 4.81. The molecule has 0 radical (unpaired) electrons. The van der Waals surface area contributed by atoms with Gasteiger partial charge in [0.2, 0.25) is 0 Å². The number of carbonyl (C=O) groups is 1. The van der Waals surface area contributed by atoms with Gasteiger partial charge in [-0.25, -0.2) is 10.3 Å². The molecule has 0 aliphatic heterocycles. The number of ether oxygens (including phenoxy) is 1. The van der Waals surface area contributed by atoms with Gasteiger partial charge in [-0.2, -0.15) is 0 Å². The molecule has 1 saturated carbocycles. The highest BCUT2D eigenvalue weighted by Gasteiger charge is 2.15. The van der Waals surface area contributed by atoms with Crippen molar-refractivity contribution >= 4 is 6.09 Å². The van der Waals surface area contributed by atoms with Crippen LogP contribution in [0, 0.1) is 0 Å². The Balaban J connectivity index is 1.99. The van der Waals surface area contributed by atoms with E-state index < -0.39 is 6.09 Å². The molecule has 2 rings (SSSR count). The van der Waals surface area contributed by atoms with Crippen molar-refractivity contribution in [3.63, 3.8) is 0 Å². The average molecular weight is 235 g/mol. The first-order chi connectivity index (χ1) is 8.29. The SMILES string of the molecule is O=C(NO)Oc1ccc(C2CCCCC2)cc1. The minimum atomic E-state index is -0.865. The van der Waals surface area contributed by atoms with Gasteiger partial charge in [-0.1, -0.05) is 31.4 Å². The molecule has 17 heavy (non-hydrogen) atoms. The molecule has 4 nitrogen and oxygen atoms in total. The molecule has 0 atom stereocenters. The normalized spacial score (nSPS) is 16.5. The second-order valence-corrected chi connectivity index (χ2v) is 4.41. The maximum absolute atomic E-state index is 10.8. The number of hydroxylamine groups is 1. The molecule has 2 N–H and O–H groups in total. The van der Waals surface area contributed by atoms with Crippen LogP contribution in [0.3, 0.4) is 0 Å². The minimum Gasteiger partial charge on any atom is -0.409 e. The van der Waals surface area contributed by atoms with E-state index in [-0.39, 0.29) is 0 Å². The Morgan fingerprint density at radius 1 is 1.18 bits per heavy atom. The van der Waals surface area contributed by atoms with Crippen molar-refractivity contribution in [2.75, 3.05) is 0 Å². The highest BCUT2D eigenvalue weighted by molar-refractivity contribution is 5.68. The zero-order chi connectivity index (χ0) is 12.1. The predicted octanol–water partition coefficient (Wildman–Crippen LogP) is 3.21. The third kappa shape index (κ3) is 3.20. The zero-order valence-corrected chi connectivity index (χ0v) is 9.69. The first-order valence-electron chi connectivity index (χ1n) is 6.01. The lowest BCUT2D eigenvalue weighted by atomic mass is 9.84. The standard InChI is InChI=1S/C13H17NO3/c15-13(14-16)17-12-8-6-11(7-9-12)10-4-2-1-3-5-10/h6-10,16H,1-5H2,(H,14,15). The summed E-state index contributed by atoms with van der Waals surface area (Å²) in [6, 6.07) is 7.52. The first kappa shape index (κ1) is 11.9. The average Bonchev–Trinajstić information content (AvgIpc) is 2.40. The number of rotatable bonds is 2. The molecule has 0 unspecified atom stereocenters. The second-order valence-electron chi connectivity index (χ2n) is 4.41. The molecule has 0 bridgehead atoms. The summed E-state index contributed by atoms with van der Waals surface area (Å²) in [5, 5.41) is 8.33. The molecule has 1 aromatic rings. The number of hydrogen-bond acceptors (Lipinski definition) is 3. The molecule has 0 heterocycles. The second kappa shape index (κ2) is 5.68. The predicted molar refractivity (Wildman–Crippen MR) is 63.2 cm³/mol. The fourth-order valence-corrected chi connectivity index (χ4v) is 2.37. The van der Waals surface area contributed by atoms with Crippen molar-refractivity contribution in [1.82, 2.24) is 5.48 Å². The summed E-state index contributed by atoms with van der Waals surface area (Å²) in [5.41, 5.74) is 2.74. The van der Waals surface area contributed by atoms with Gasteiger partial charge in [0.25, 0.3) is 0 Å². The molecule has 1 aliphatic carbocycles. The van der Waals surface area contributed by atoms with Crippen LogP contribution in [0.4, 0.5) is 4.79 Å². The maximum Gasteiger partial charge on any atom is 0.436 e. The van der Waals surface area contributed by atoms with Crippen LogP contribution in [0.5, 0.6) is 5.75 Å². The Labute approximate surface area is 101 Å². The Hall–Kier alpha value is -1.55. The van der Waals surface area contributed by atoms with Gasteiger partial charge in [0.15, 0.2) is 0 Å². The Bertz CT molecular complexity index is 369. The molecule has 92 valence electrons. The van der Waals surface area contributed by atoms with Gasteiger partial charge >= 0.3 is 6.09 Å². The van der Waals surface area contributed by atoms with Gasteiger partial charge in [0, 0.05) is 0 Å². The van der Waals surface area contributed by atoms with Crippen molar-refractivity contribution in [1.29, 1.82) is 0 Å². The van der Waals surface area contributed by atoms with E-state index in [9.17, 15) is 4.79 Å². The van der Waals surface area contributed by atoms with Gasteiger partial charge in [0.05, 0.1) is 0 Å². The van der Waals surface area contributed by atoms with Crippen LogP contribution in [0.15, 0.2) is 24.3 Å². The van der Waals surface area contributed by atoms with Gasteiger partial charge < -0.3 is 4.74 Å². The number of hydrogen-bond donors (Lipinski definition) is 2. The highest BCUT2D eigenvalue weighted by atomic mass is 16.6. The van der Waals surface area contributed by atoms with Crippen LogP contribution >= 0.6 is 0 Å².